The van der Waals surface area contributed by atoms with Crippen LogP contribution in [0.2, 0.25) is 0 Å². The van der Waals surface area contributed by atoms with Crippen LogP contribution in [-0.4, -0.2) is 48.9 Å². The first-order valence-electron chi connectivity index (χ1n) is 11.2. The summed E-state index contributed by atoms with van der Waals surface area (Å²) in [6, 6.07) is 13.4. The van der Waals surface area contributed by atoms with Gasteiger partial charge in [0.2, 0.25) is 5.91 Å². The zero-order chi connectivity index (χ0) is 22.8. The predicted molar refractivity (Wildman–Crippen MR) is 126 cm³/mol. The van der Waals surface area contributed by atoms with Gasteiger partial charge >= 0.3 is 0 Å². The third-order valence-electron chi connectivity index (χ3n) is 6.17. The van der Waals surface area contributed by atoms with E-state index in [2.05, 4.69) is 22.2 Å². The molecule has 3 heterocycles. The van der Waals surface area contributed by atoms with Crippen LogP contribution in [0.25, 0.3) is 11.0 Å². The molecule has 1 fully saturated rings. The Morgan fingerprint density at radius 1 is 1.15 bits per heavy atom. The average molecular weight is 443 g/mol. The van der Waals surface area contributed by atoms with Crippen LogP contribution in [0.1, 0.15) is 29.3 Å². The molecular formula is C25H26N6O2. The second kappa shape index (κ2) is 8.90. The van der Waals surface area contributed by atoms with Crippen molar-refractivity contribution < 1.29 is 9.59 Å². The van der Waals surface area contributed by atoms with Gasteiger partial charge in [-0.05, 0) is 49.2 Å². The molecule has 2 aromatic carbocycles. The van der Waals surface area contributed by atoms with E-state index in [1.807, 2.05) is 57.8 Å². The largest absolute Gasteiger partial charge is 0.338 e. The predicted octanol–water partition coefficient (Wildman–Crippen LogP) is 3.40. The number of hydrogen-bond acceptors (Lipinski definition) is 4. The van der Waals surface area contributed by atoms with Crippen molar-refractivity contribution in [3.05, 3.63) is 78.6 Å². The number of carbonyl (C=O) groups excluding carboxylic acids is 2. The van der Waals surface area contributed by atoms with Gasteiger partial charge < -0.3 is 19.4 Å². The second-order valence-corrected chi connectivity index (χ2v) is 8.40. The van der Waals surface area contributed by atoms with Crippen molar-refractivity contribution in [1.82, 2.24) is 24.0 Å². The topological polar surface area (TPSA) is 85.0 Å². The van der Waals surface area contributed by atoms with Gasteiger partial charge in [-0.25, -0.2) is 9.97 Å². The van der Waals surface area contributed by atoms with E-state index in [-0.39, 0.29) is 17.7 Å². The maximum absolute atomic E-state index is 13.0. The zero-order valence-corrected chi connectivity index (χ0v) is 18.5. The summed E-state index contributed by atoms with van der Waals surface area (Å²) < 4.78 is 4.02. The first-order chi connectivity index (χ1) is 16.1. The molecule has 0 bridgehead atoms. The highest BCUT2D eigenvalue weighted by Gasteiger charge is 2.31. The molecule has 1 saturated heterocycles. The Kier molecular flexibility index (Phi) is 5.64. The van der Waals surface area contributed by atoms with Crippen molar-refractivity contribution in [2.75, 3.05) is 18.4 Å². The summed E-state index contributed by atoms with van der Waals surface area (Å²) in [6.07, 6.45) is 7.86. The van der Waals surface area contributed by atoms with Crippen LogP contribution in [0.4, 0.5) is 5.69 Å². The summed E-state index contributed by atoms with van der Waals surface area (Å²) in [5.41, 5.74) is 4.28. The summed E-state index contributed by atoms with van der Waals surface area (Å²) in [6.45, 7) is 4.57. The molecule has 1 aliphatic heterocycles. The van der Waals surface area contributed by atoms with Crippen LogP contribution in [0.3, 0.4) is 0 Å². The third-order valence-corrected chi connectivity index (χ3v) is 6.17. The lowest BCUT2D eigenvalue weighted by molar-refractivity contribution is -0.119. The maximum atomic E-state index is 13.0. The van der Waals surface area contributed by atoms with Crippen LogP contribution in [-0.2, 0) is 17.9 Å². The number of benzene rings is 2. The number of nitrogens with zero attached hydrogens (tertiary/aromatic N) is 5. The van der Waals surface area contributed by atoms with Gasteiger partial charge in [-0.15, -0.1) is 0 Å². The van der Waals surface area contributed by atoms with E-state index in [0.29, 0.717) is 31.6 Å². The van der Waals surface area contributed by atoms with Gasteiger partial charge in [-0.3, -0.25) is 9.59 Å². The molecule has 0 spiro atoms. The lowest BCUT2D eigenvalue weighted by Gasteiger charge is -2.17. The molecule has 1 aliphatic rings. The molecule has 168 valence electrons. The molecule has 2 aromatic heterocycles. The standard InChI is InChI=1S/C25H26N6O2/c1-2-30-17-27-22-13-19(6-7-23(22)30)25(33)31-10-8-20(15-31)24(32)28-21-5-3-4-18(12-21)14-29-11-9-26-16-29/h3-7,9,11-13,16-17,20H,2,8,10,14-15H2,1H3,(H,28,32). The minimum absolute atomic E-state index is 0.0535. The number of imidazole rings is 2. The monoisotopic (exact) mass is 442 g/mol. The van der Waals surface area contributed by atoms with Crippen molar-refractivity contribution in [2.45, 2.75) is 26.4 Å². The summed E-state index contributed by atoms with van der Waals surface area (Å²) in [5, 5.41) is 3.02. The quantitative estimate of drug-likeness (QED) is 0.496. The number of hydrogen-bond donors (Lipinski definition) is 1. The molecular weight excluding hydrogens is 416 g/mol. The molecule has 1 atom stereocenters. The summed E-state index contributed by atoms with van der Waals surface area (Å²) in [4.78, 5) is 36.1. The smallest absolute Gasteiger partial charge is 0.253 e. The fourth-order valence-electron chi connectivity index (χ4n) is 4.37. The average Bonchev–Trinajstić information content (AvgIpc) is 3.59. The maximum Gasteiger partial charge on any atom is 0.253 e. The molecule has 5 rings (SSSR count). The van der Waals surface area contributed by atoms with Crippen LogP contribution in [0, 0.1) is 5.92 Å². The van der Waals surface area contributed by atoms with Crippen LogP contribution in [0.5, 0.6) is 0 Å². The van der Waals surface area contributed by atoms with E-state index in [0.717, 1.165) is 28.8 Å². The molecule has 0 radical (unpaired) electrons. The number of amides is 2. The number of fused-ring (bicyclic) bond motifs is 1. The first-order valence-corrected chi connectivity index (χ1v) is 11.2. The van der Waals surface area contributed by atoms with Gasteiger partial charge in [0.15, 0.2) is 0 Å². The Balaban J connectivity index is 1.22. The van der Waals surface area contributed by atoms with Crippen molar-refractivity contribution in [3.8, 4) is 0 Å². The molecule has 2 amide bonds. The van der Waals surface area contributed by atoms with E-state index >= 15 is 0 Å². The van der Waals surface area contributed by atoms with Crippen LogP contribution in [0.15, 0.2) is 67.5 Å². The summed E-state index contributed by atoms with van der Waals surface area (Å²) in [5.74, 6) is -0.336. The van der Waals surface area contributed by atoms with Crippen molar-refractivity contribution in [2.24, 2.45) is 5.92 Å². The number of nitrogens with one attached hydrogen (secondary N) is 1. The van der Waals surface area contributed by atoms with Gasteiger partial charge in [0.1, 0.15) is 0 Å². The molecule has 4 aromatic rings. The minimum Gasteiger partial charge on any atom is -0.338 e. The van der Waals surface area contributed by atoms with E-state index < -0.39 is 0 Å². The lowest BCUT2D eigenvalue weighted by atomic mass is 10.1. The zero-order valence-electron chi connectivity index (χ0n) is 18.5. The molecule has 0 saturated carbocycles. The Morgan fingerprint density at radius 2 is 2.06 bits per heavy atom. The van der Waals surface area contributed by atoms with Gasteiger partial charge in [0, 0.05) is 49.8 Å². The van der Waals surface area contributed by atoms with E-state index in [9.17, 15) is 9.59 Å². The Hall–Kier alpha value is -3.94. The molecule has 8 heteroatoms. The molecule has 1 N–H and O–H groups in total. The number of likely N-dealkylation sites (tertiary alicyclic amines) is 1. The van der Waals surface area contributed by atoms with Crippen LogP contribution < -0.4 is 5.32 Å². The Morgan fingerprint density at radius 3 is 2.88 bits per heavy atom. The molecule has 8 nitrogen and oxygen atoms in total. The van der Waals surface area contributed by atoms with Gasteiger partial charge in [-0.1, -0.05) is 12.1 Å². The molecule has 1 unspecified atom stereocenters. The van der Waals surface area contributed by atoms with Gasteiger partial charge in [-0.2, -0.15) is 0 Å². The molecule has 0 aliphatic carbocycles. The number of carbonyl (C=O) groups is 2. The fourth-order valence-corrected chi connectivity index (χ4v) is 4.37. The third kappa shape index (κ3) is 4.37. The highest BCUT2D eigenvalue weighted by molar-refractivity contribution is 5.99. The highest BCUT2D eigenvalue weighted by Crippen LogP contribution is 2.23. The number of rotatable bonds is 6. The summed E-state index contributed by atoms with van der Waals surface area (Å²) >= 11 is 0. The van der Waals surface area contributed by atoms with E-state index in [4.69, 9.17) is 0 Å². The normalized spacial score (nSPS) is 15.8. The van der Waals surface area contributed by atoms with Crippen molar-refractivity contribution >= 4 is 28.5 Å². The minimum atomic E-state index is -0.228. The van der Waals surface area contributed by atoms with Crippen LogP contribution >= 0.6 is 0 Å². The summed E-state index contributed by atoms with van der Waals surface area (Å²) in [7, 11) is 0. The number of aryl methyl sites for hydroxylation is 1. The Bertz CT molecular complexity index is 1290. The second-order valence-electron chi connectivity index (χ2n) is 8.40. The van der Waals surface area contributed by atoms with Crippen molar-refractivity contribution in [3.63, 3.8) is 0 Å². The highest BCUT2D eigenvalue weighted by atomic mass is 16.2. The number of anilines is 1. The molecule has 33 heavy (non-hydrogen) atoms. The van der Waals surface area contributed by atoms with Gasteiger partial charge in [0.25, 0.3) is 5.91 Å². The first kappa shape index (κ1) is 20.9. The van der Waals surface area contributed by atoms with E-state index in [1.54, 1.807) is 23.8 Å². The van der Waals surface area contributed by atoms with Crippen molar-refractivity contribution in [1.29, 1.82) is 0 Å². The van der Waals surface area contributed by atoms with Gasteiger partial charge in [0.05, 0.1) is 29.6 Å². The fraction of sp³-hybridized carbons (Fsp3) is 0.280. The number of aromatic nitrogens is 4. The van der Waals surface area contributed by atoms with E-state index in [1.165, 1.54) is 0 Å². The SMILES string of the molecule is CCn1cnc2cc(C(=O)N3CCC(C(=O)Nc4cccc(Cn5ccnc5)c4)C3)ccc21. The Labute approximate surface area is 191 Å². The lowest BCUT2D eigenvalue weighted by Crippen LogP contribution is -2.31.